The van der Waals surface area contributed by atoms with Crippen molar-refractivity contribution >= 4 is 43.6 Å². The Hall–Kier alpha value is -4.30. The molecule has 0 aliphatic heterocycles. The van der Waals surface area contributed by atoms with Gasteiger partial charge >= 0.3 is 0 Å². The summed E-state index contributed by atoms with van der Waals surface area (Å²) in [5.41, 5.74) is 8.64. The number of aromatic nitrogens is 2. The molecule has 0 aliphatic rings. The van der Waals surface area contributed by atoms with Crippen molar-refractivity contribution in [2.75, 3.05) is 0 Å². The van der Waals surface area contributed by atoms with E-state index in [1.807, 2.05) is 0 Å². The van der Waals surface area contributed by atoms with E-state index in [9.17, 15) is 0 Å². The van der Waals surface area contributed by atoms with Crippen LogP contribution in [-0.4, -0.2) is 9.13 Å². The molecule has 7 aromatic rings. The molecule has 7 rings (SSSR count). The summed E-state index contributed by atoms with van der Waals surface area (Å²) in [6, 6.07) is 42.1. The Kier molecular flexibility index (Phi) is 4.44. The Morgan fingerprint density at radius 1 is 0.417 bits per heavy atom. The molecular formula is C34H28N2. The first-order valence-corrected chi connectivity index (χ1v) is 12.6. The number of benzene rings is 5. The third-order valence-corrected chi connectivity index (χ3v) is 7.45. The fourth-order valence-corrected chi connectivity index (χ4v) is 5.69. The van der Waals surface area contributed by atoms with Gasteiger partial charge in [-0.05, 0) is 53.4 Å². The van der Waals surface area contributed by atoms with E-state index in [2.05, 4.69) is 145 Å². The van der Waals surface area contributed by atoms with E-state index in [-0.39, 0.29) is 5.41 Å². The molecule has 5 aromatic carbocycles. The van der Waals surface area contributed by atoms with E-state index < -0.39 is 0 Å². The lowest BCUT2D eigenvalue weighted by Gasteiger charge is -2.23. The van der Waals surface area contributed by atoms with Crippen molar-refractivity contribution in [2.24, 2.45) is 0 Å². The fraction of sp³-hybridized carbons (Fsp3) is 0.118. The first-order valence-electron chi connectivity index (χ1n) is 12.6. The van der Waals surface area contributed by atoms with Crippen molar-refractivity contribution < 1.29 is 0 Å². The van der Waals surface area contributed by atoms with Gasteiger partial charge in [0.1, 0.15) is 0 Å². The molecule has 2 heteroatoms. The lowest BCUT2D eigenvalue weighted by molar-refractivity contribution is 0.589. The van der Waals surface area contributed by atoms with Crippen molar-refractivity contribution in [3.8, 4) is 11.4 Å². The molecule has 174 valence electrons. The topological polar surface area (TPSA) is 9.86 Å². The quantitative estimate of drug-likeness (QED) is 0.241. The monoisotopic (exact) mass is 464 g/mol. The smallest absolute Gasteiger partial charge is 0.0541 e. The first-order chi connectivity index (χ1) is 17.5. The average molecular weight is 465 g/mol. The maximum atomic E-state index is 2.43. The van der Waals surface area contributed by atoms with Gasteiger partial charge in [0, 0.05) is 32.9 Å². The highest BCUT2D eigenvalue weighted by Crippen LogP contribution is 2.37. The number of rotatable bonds is 2. The van der Waals surface area contributed by atoms with Gasteiger partial charge in [-0.1, -0.05) is 93.6 Å². The van der Waals surface area contributed by atoms with E-state index in [1.54, 1.807) is 0 Å². The molecule has 0 amide bonds. The van der Waals surface area contributed by atoms with Crippen LogP contribution >= 0.6 is 0 Å². The van der Waals surface area contributed by atoms with Crippen molar-refractivity contribution in [2.45, 2.75) is 26.2 Å². The summed E-state index contributed by atoms with van der Waals surface area (Å²) in [7, 11) is 0. The van der Waals surface area contributed by atoms with Gasteiger partial charge in [-0.3, -0.25) is 0 Å². The van der Waals surface area contributed by atoms with Crippen LogP contribution in [0, 0.1) is 0 Å². The maximum Gasteiger partial charge on any atom is 0.0541 e. The summed E-state index contributed by atoms with van der Waals surface area (Å²) >= 11 is 0. The summed E-state index contributed by atoms with van der Waals surface area (Å²) in [4.78, 5) is 0. The van der Waals surface area contributed by atoms with E-state index in [4.69, 9.17) is 0 Å². The summed E-state index contributed by atoms with van der Waals surface area (Å²) in [6.07, 6.45) is 0. The minimum Gasteiger partial charge on any atom is -0.309 e. The third kappa shape index (κ3) is 3.04. The zero-order valence-electron chi connectivity index (χ0n) is 20.9. The van der Waals surface area contributed by atoms with Crippen molar-refractivity contribution in [3.05, 3.63) is 121 Å². The van der Waals surface area contributed by atoms with Gasteiger partial charge in [0.15, 0.2) is 0 Å². The number of fused-ring (bicyclic) bond motifs is 6. The highest BCUT2D eigenvalue weighted by Gasteiger charge is 2.20. The van der Waals surface area contributed by atoms with Gasteiger partial charge in [-0.2, -0.15) is 0 Å². The predicted molar refractivity (Wildman–Crippen MR) is 154 cm³/mol. The second kappa shape index (κ2) is 7.60. The zero-order chi connectivity index (χ0) is 24.4. The molecule has 0 aliphatic carbocycles. The summed E-state index contributed by atoms with van der Waals surface area (Å²) in [5.74, 6) is 0. The van der Waals surface area contributed by atoms with Gasteiger partial charge in [0.05, 0.1) is 22.1 Å². The lowest BCUT2D eigenvalue weighted by Crippen LogP contribution is -2.13. The fourth-order valence-electron chi connectivity index (χ4n) is 5.69. The van der Waals surface area contributed by atoms with Gasteiger partial charge in [0.25, 0.3) is 0 Å². The van der Waals surface area contributed by atoms with E-state index in [0.29, 0.717) is 0 Å². The highest BCUT2D eigenvalue weighted by molar-refractivity contribution is 6.10. The summed E-state index contributed by atoms with van der Waals surface area (Å²) in [5, 5.41) is 5.14. The van der Waals surface area contributed by atoms with E-state index in [0.717, 1.165) is 0 Å². The molecule has 0 saturated heterocycles. The Morgan fingerprint density at radius 3 is 1.03 bits per heavy atom. The van der Waals surface area contributed by atoms with Crippen molar-refractivity contribution in [3.63, 3.8) is 0 Å². The Balaban J connectivity index is 1.62. The predicted octanol–water partition coefficient (Wildman–Crippen LogP) is 9.18. The SMILES string of the molecule is CC(C)(C)c1cc(-n2c3ccccc3c3ccccc32)cc(-n2c3ccccc3c3ccccc32)c1. The first kappa shape index (κ1) is 21.0. The molecule has 0 fully saturated rings. The van der Waals surface area contributed by atoms with Crippen molar-refractivity contribution in [1.29, 1.82) is 0 Å². The second-order valence-corrected chi connectivity index (χ2v) is 10.7. The van der Waals surface area contributed by atoms with Crippen LogP contribution in [0.15, 0.2) is 115 Å². The average Bonchev–Trinajstić information content (AvgIpc) is 3.41. The van der Waals surface area contributed by atoms with Gasteiger partial charge in [0.2, 0.25) is 0 Å². The molecular weight excluding hydrogens is 436 g/mol. The lowest BCUT2D eigenvalue weighted by atomic mass is 9.86. The number of hydrogen-bond acceptors (Lipinski definition) is 0. The minimum absolute atomic E-state index is 0.00226. The molecule has 0 radical (unpaired) electrons. The van der Waals surface area contributed by atoms with Gasteiger partial charge in [-0.15, -0.1) is 0 Å². The molecule has 2 heterocycles. The minimum atomic E-state index is 0.00226. The molecule has 0 bridgehead atoms. The van der Waals surface area contributed by atoms with Crippen LogP contribution in [0.3, 0.4) is 0 Å². The van der Waals surface area contributed by atoms with Crippen LogP contribution in [0.2, 0.25) is 0 Å². The second-order valence-electron chi connectivity index (χ2n) is 10.7. The molecule has 0 atom stereocenters. The summed E-state index contributed by atoms with van der Waals surface area (Å²) in [6.45, 7) is 6.90. The van der Waals surface area contributed by atoms with E-state index in [1.165, 1.54) is 60.5 Å². The van der Waals surface area contributed by atoms with Gasteiger partial charge < -0.3 is 9.13 Å². The molecule has 36 heavy (non-hydrogen) atoms. The third-order valence-electron chi connectivity index (χ3n) is 7.45. The van der Waals surface area contributed by atoms with Crippen LogP contribution < -0.4 is 0 Å². The molecule has 0 N–H and O–H groups in total. The Morgan fingerprint density at radius 2 is 0.722 bits per heavy atom. The van der Waals surface area contributed by atoms with Crippen molar-refractivity contribution in [1.82, 2.24) is 9.13 Å². The Bertz CT molecular complexity index is 1690. The van der Waals surface area contributed by atoms with Crippen LogP contribution in [0.1, 0.15) is 26.3 Å². The highest BCUT2D eigenvalue weighted by atomic mass is 15.0. The van der Waals surface area contributed by atoms with Gasteiger partial charge in [-0.25, -0.2) is 0 Å². The van der Waals surface area contributed by atoms with Crippen LogP contribution in [0.4, 0.5) is 0 Å². The molecule has 0 spiro atoms. The van der Waals surface area contributed by atoms with Crippen LogP contribution in [0.25, 0.3) is 55.0 Å². The largest absolute Gasteiger partial charge is 0.309 e. The normalized spacial score (nSPS) is 12.3. The Labute approximate surface area is 211 Å². The number of para-hydroxylation sites is 4. The van der Waals surface area contributed by atoms with Crippen LogP contribution in [-0.2, 0) is 5.41 Å². The molecule has 0 unspecified atom stereocenters. The number of nitrogens with zero attached hydrogens (tertiary/aromatic N) is 2. The summed E-state index contributed by atoms with van der Waals surface area (Å²) < 4.78 is 4.86. The maximum absolute atomic E-state index is 2.43. The zero-order valence-corrected chi connectivity index (χ0v) is 20.9. The number of hydrogen-bond donors (Lipinski definition) is 0. The molecule has 2 aromatic heterocycles. The standard InChI is InChI=1S/C34H28N2/c1-34(2,3)23-20-24(35-30-16-8-4-12-26(30)27-13-5-9-17-31(27)35)22-25(21-23)36-32-18-10-6-14-28(32)29-15-7-11-19-33(29)36/h4-22H,1-3H3. The van der Waals surface area contributed by atoms with E-state index >= 15 is 0 Å². The van der Waals surface area contributed by atoms with Crippen LogP contribution in [0.5, 0.6) is 0 Å². The molecule has 2 nitrogen and oxygen atoms in total. The molecule has 0 saturated carbocycles.